The Kier molecular flexibility index (Phi) is 8.66. The number of ether oxygens (including phenoxy) is 2. The number of piperidine rings is 1. The number of amides is 1. The predicted octanol–water partition coefficient (Wildman–Crippen LogP) is 5.42. The lowest BCUT2D eigenvalue weighted by molar-refractivity contribution is -0.138. The average Bonchev–Trinajstić information content (AvgIpc) is 3.41. The summed E-state index contributed by atoms with van der Waals surface area (Å²) in [4.78, 5) is 17.1. The smallest absolute Gasteiger partial charge is 0.249 e. The van der Waals surface area contributed by atoms with Crippen LogP contribution in [0.2, 0.25) is 0 Å². The van der Waals surface area contributed by atoms with E-state index in [0.717, 1.165) is 30.4 Å². The molecule has 0 spiro atoms. The Bertz CT molecular complexity index is 1460. The van der Waals surface area contributed by atoms with Gasteiger partial charge >= 0.3 is 0 Å². The molecule has 214 valence electrons. The third-order valence-corrected chi connectivity index (χ3v) is 11.2. The second-order valence-electron chi connectivity index (χ2n) is 10.8. The van der Waals surface area contributed by atoms with E-state index in [1.165, 1.54) is 10.4 Å². The molecule has 3 heterocycles. The molecule has 0 N–H and O–H groups in total. The molecule has 1 fully saturated rings. The first-order valence-electron chi connectivity index (χ1n) is 13.9. The fourth-order valence-corrected chi connectivity index (χ4v) is 9.16. The highest BCUT2D eigenvalue weighted by Crippen LogP contribution is 2.38. The summed E-state index contributed by atoms with van der Waals surface area (Å²) in [5, 5.41) is 2.10. The summed E-state index contributed by atoms with van der Waals surface area (Å²) in [6, 6.07) is 13.5. The van der Waals surface area contributed by atoms with E-state index in [1.807, 2.05) is 11.0 Å². The highest BCUT2D eigenvalue weighted by atomic mass is 32.2. The van der Waals surface area contributed by atoms with Gasteiger partial charge in [-0.1, -0.05) is 36.2 Å². The summed E-state index contributed by atoms with van der Waals surface area (Å²) < 4.78 is 40.6. The van der Waals surface area contributed by atoms with E-state index in [4.69, 9.17) is 9.47 Å². The van der Waals surface area contributed by atoms with Crippen LogP contribution in [-0.2, 0) is 26.0 Å². The molecular weight excluding hydrogens is 544 g/mol. The minimum Gasteiger partial charge on any atom is -0.497 e. The van der Waals surface area contributed by atoms with Crippen molar-refractivity contribution in [1.29, 1.82) is 0 Å². The maximum atomic E-state index is 13.9. The first kappa shape index (κ1) is 28.8. The highest BCUT2D eigenvalue weighted by Gasteiger charge is 2.37. The minimum atomic E-state index is -3.74. The van der Waals surface area contributed by atoms with Crippen molar-refractivity contribution in [2.24, 2.45) is 0 Å². The molecule has 2 aromatic carbocycles. The molecule has 0 bridgehead atoms. The van der Waals surface area contributed by atoms with Gasteiger partial charge in [0.05, 0.1) is 24.7 Å². The maximum Gasteiger partial charge on any atom is 0.249 e. The van der Waals surface area contributed by atoms with Gasteiger partial charge in [-0.3, -0.25) is 4.79 Å². The van der Waals surface area contributed by atoms with Crippen molar-refractivity contribution in [2.75, 3.05) is 33.4 Å². The minimum absolute atomic E-state index is 0.0737. The van der Waals surface area contributed by atoms with Crippen LogP contribution in [0.4, 0.5) is 0 Å². The Hall–Kier alpha value is -2.72. The Balaban J connectivity index is 1.30. The first-order valence-corrected chi connectivity index (χ1v) is 16.2. The number of thiophene rings is 1. The maximum absolute atomic E-state index is 13.9. The predicted molar refractivity (Wildman–Crippen MR) is 158 cm³/mol. The molecule has 0 aliphatic carbocycles. The van der Waals surface area contributed by atoms with Crippen LogP contribution in [0.1, 0.15) is 58.0 Å². The summed E-state index contributed by atoms with van der Waals surface area (Å²) in [6.45, 7) is 6.86. The summed E-state index contributed by atoms with van der Waals surface area (Å²) in [7, 11) is -2.16. The summed E-state index contributed by atoms with van der Waals surface area (Å²) in [5.74, 6) is 0.567. The number of hydrogen-bond donors (Lipinski definition) is 0. The van der Waals surface area contributed by atoms with Crippen LogP contribution >= 0.6 is 11.3 Å². The number of aryl methyl sites for hydroxylation is 3. The van der Waals surface area contributed by atoms with E-state index in [9.17, 15) is 13.2 Å². The number of methoxy groups -OCH3 is 1. The van der Waals surface area contributed by atoms with Gasteiger partial charge in [0.25, 0.3) is 0 Å². The molecule has 2 unspecified atom stereocenters. The third-order valence-electron chi connectivity index (χ3n) is 7.99. The molecule has 5 rings (SSSR count). The molecule has 0 saturated carbocycles. The second kappa shape index (κ2) is 12.0. The van der Waals surface area contributed by atoms with Crippen LogP contribution in [0, 0.1) is 20.8 Å². The SMILES string of the molecule is COc1cc(C)c(S(=O)(=O)N2CCCCC2COCC(=O)N2CCc3sccc3C2c2cccc(C)c2)c(C)c1. The molecular formula is C31H38N2O5S2. The topological polar surface area (TPSA) is 76.1 Å². The molecule has 2 atom stereocenters. The van der Waals surface area contributed by atoms with Gasteiger partial charge in [0.2, 0.25) is 15.9 Å². The highest BCUT2D eigenvalue weighted by molar-refractivity contribution is 7.89. The van der Waals surface area contributed by atoms with Crippen molar-refractivity contribution < 1.29 is 22.7 Å². The number of fused-ring (bicyclic) bond motifs is 1. The Labute approximate surface area is 241 Å². The van der Waals surface area contributed by atoms with Gasteiger partial charge in [-0.05, 0) is 85.9 Å². The molecule has 1 saturated heterocycles. The first-order chi connectivity index (χ1) is 19.2. The quantitative estimate of drug-likeness (QED) is 0.355. The van der Waals surface area contributed by atoms with Crippen molar-refractivity contribution in [3.05, 3.63) is 80.5 Å². The van der Waals surface area contributed by atoms with Gasteiger partial charge in [-0.2, -0.15) is 4.31 Å². The van der Waals surface area contributed by atoms with E-state index in [-0.39, 0.29) is 31.2 Å². The Morgan fingerprint density at radius 1 is 1.05 bits per heavy atom. The van der Waals surface area contributed by atoms with E-state index in [2.05, 4.69) is 36.6 Å². The molecule has 2 aliphatic rings. The largest absolute Gasteiger partial charge is 0.497 e. The van der Waals surface area contributed by atoms with Crippen LogP contribution in [0.25, 0.3) is 0 Å². The van der Waals surface area contributed by atoms with Crippen molar-refractivity contribution in [1.82, 2.24) is 9.21 Å². The number of nitrogens with zero attached hydrogens (tertiary/aromatic N) is 2. The van der Waals surface area contributed by atoms with Crippen LogP contribution in [0.5, 0.6) is 5.75 Å². The van der Waals surface area contributed by atoms with E-state index in [1.54, 1.807) is 48.7 Å². The van der Waals surface area contributed by atoms with Crippen molar-refractivity contribution in [3.63, 3.8) is 0 Å². The van der Waals surface area contributed by atoms with Crippen LogP contribution < -0.4 is 4.74 Å². The lowest BCUT2D eigenvalue weighted by Crippen LogP contribution is -2.47. The number of sulfonamides is 1. The van der Waals surface area contributed by atoms with Crippen molar-refractivity contribution in [3.8, 4) is 5.75 Å². The zero-order valence-electron chi connectivity index (χ0n) is 23.7. The molecule has 1 aromatic heterocycles. The fourth-order valence-electron chi connectivity index (χ4n) is 6.16. The fraction of sp³-hybridized carbons (Fsp3) is 0.452. The molecule has 1 amide bonds. The molecule has 40 heavy (non-hydrogen) atoms. The molecule has 2 aliphatic heterocycles. The Morgan fingerprint density at radius 3 is 2.55 bits per heavy atom. The number of hydrogen-bond acceptors (Lipinski definition) is 6. The summed E-state index contributed by atoms with van der Waals surface area (Å²) in [6.07, 6.45) is 3.26. The second-order valence-corrected chi connectivity index (χ2v) is 13.7. The molecule has 0 radical (unpaired) electrons. The normalized spacial score (nSPS) is 19.9. The van der Waals surface area contributed by atoms with Crippen LogP contribution in [0.3, 0.4) is 0 Å². The molecule has 7 nitrogen and oxygen atoms in total. The third kappa shape index (κ3) is 5.70. The van der Waals surface area contributed by atoms with Gasteiger partial charge in [0, 0.05) is 24.0 Å². The monoisotopic (exact) mass is 582 g/mol. The van der Waals surface area contributed by atoms with Crippen LogP contribution in [-0.4, -0.2) is 63.0 Å². The lowest BCUT2D eigenvalue weighted by atomic mass is 9.92. The van der Waals surface area contributed by atoms with Gasteiger partial charge in [-0.25, -0.2) is 8.42 Å². The van der Waals surface area contributed by atoms with Gasteiger partial charge < -0.3 is 14.4 Å². The van der Waals surface area contributed by atoms with E-state index < -0.39 is 10.0 Å². The number of benzene rings is 2. The van der Waals surface area contributed by atoms with Gasteiger partial charge in [0.1, 0.15) is 12.4 Å². The number of carbonyl (C=O) groups excluding carboxylic acids is 1. The Morgan fingerprint density at radius 2 is 1.82 bits per heavy atom. The average molecular weight is 583 g/mol. The molecule has 3 aromatic rings. The van der Waals surface area contributed by atoms with Crippen molar-refractivity contribution in [2.45, 2.75) is 63.4 Å². The van der Waals surface area contributed by atoms with Gasteiger partial charge in [-0.15, -0.1) is 11.3 Å². The zero-order chi connectivity index (χ0) is 28.4. The van der Waals surface area contributed by atoms with Crippen molar-refractivity contribution >= 4 is 27.3 Å². The lowest BCUT2D eigenvalue weighted by Gasteiger charge is -2.37. The summed E-state index contributed by atoms with van der Waals surface area (Å²) >= 11 is 1.74. The molecule has 9 heteroatoms. The summed E-state index contributed by atoms with van der Waals surface area (Å²) in [5.41, 5.74) is 4.77. The van der Waals surface area contributed by atoms with E-state index >= 15 is 0 Å². The number of carbonyl (C=O) groups is 1. The van der Waals surface area contributed by atoms with Crippen LogP contribution in [0.15, 0.2) is 52.7 Å². The van der Waals surface area contributed by atoms with E-state index in [0.29, 0.717) is 41.3 Å². The number of rotatable bonds is 8. The zero-order valence-corrected chi connectivity index (χ0v) is 25.3. The van der Waals surface area contributed by atoms with Gasteiger partial charge in [0.15, 0.2) is 0 Å². The standard InChI is InChI=1S/C31H38N2O5S2/c1-21-8-7-9-24(16-21)30-27-12-15-39-28(27)11-14-32(30)29(34)20-38-19-25-10-5-6-13-33(25)40(35,36)31-22(2)17-26(37-4)18-23(31)3/h7-9,12,15-18,25,30H,5-6,10-11,13-14,19-20H2,1-4H3.